The molecule has 1 aromatic rings. The molecule has 0 saturated heterocycles. The molecule has 1 fully saturated rings. The first-order valence-corrected chi connectivity index (χ1v) is 6.85. The van der Waals surface area contributed by atoms with Gasteiger partial charge in [0, 0.05) is 12.6 Å². The molecule has 0 aliphatic heterocycles. The largest absolute Gasteiger partial charge is 0.367 e. The fourth-order valence-corrected chi connectivity index (χ4v) is 2.65. The van der Waals surface area contributed by atoms with Crippen LogP contribution < -0.4 is 5.32 Å². The maximum absolute atomic E-state index is 13.4. The van der Waals surface area contributed by atoms with E-state index in [1.807, 2.05) is 0 Å². The molecule has 1 saturated carbocycles. The number of pyridine rings is 1. The molecule has 1 aromatic heterocycles. The Morgan fingerprint density at radius 1 is 1.11 bits per heavy atom. The first-order chi connectivity index (χ1) is 9.10. The number of hydrogen-bond donors (Lipinski definition) is 1. The van der Waals surface area contributed by atoms with E-state index in [0.29, 0.717) is 18.5 Å². The summed E-state index contributed by atoms with van der Waals surface area (Å²) in [6, 6.07) is 0.526. The number of anilines is 1. The lowest BCUT2D eigenvalue weighted by molar-refractivity contribution is 0.278. The van der Waals surface area contributed by atoms with Crippen molar-refractivity contribution in [3.05, 3.63) is 23.6 Å². The third-order valence-electron chi connectivity index (χ3n) is 3.99. The van der Waals surface area contributed by atoms with Crippen molar-refractivity contribution in [1.82, 2.24) is 4.98 Å². The fourth-order valence-electron chi connectivity index (χ4n) is 2.65. The van der Waals surface area contributed by atoms with Gasteiger partial charge in [0.2, 0.25) is 0 Å². The summed E-state index contributed by atoms with van der Waals surface area (Å²) in [7, 11) is 0. The number of nitrogens with zero attached hydrogens (tertiary/aromatic N) is 1. The second kappa shape index (κ2) is 6.26. The van der Waals surface area contributed by atoms with Crippen LogP contribution >= 0.6 is 0 Å². The lowest BCUT2D eigenvalue weighted by Gasteiger charge is -2.28. The normalized spacial score (nSPS) is 23.4. The van der Waals surface area contributed by atoms with Crippen LogP contribution in [-0.2, 0) is 0 Å². The maximum Gasteiger partial charge on any atom is 0.251 e. The minimum Gasteiger partial charge on any atom is -0.367 e. The highest BCUT2D eigenvalue weighted by atomic mass is 19.2. The summed E-state index contributed by atoms with van der Waals surface area (Å²) < 4.78 is 39.0. The van der Waals surface area contributed by atoms with Crippen LogP contribution in [0, 0.1) is 29.4 Å². The summed E-state index contributed by atoms with van der Waals surface area (Å²) >= 11 is 0. The molecule has 0 aromatic carbocycles. The fraction of sp³-hybridized carbons (Fsp3) is 0.643. The lowest BCUT2D eigenvalue weighted by atomic mass is 9.81. The van der Waals surface area contributed by atoms with Crippen molar-refractivity contribution in [2.75, 3.05) is 11.9 Å². The Morgan fingerprint density at radius 2 is 1.74 bits per heavy atom. The highest BCUT2D eigenvalue weighted by Gasteiger charge is 2.20. The van der Waals surface area contributed by atoms with Crippen molar-refractivity contribution in [1.29, 1.82) is 0 Å². The number of nitrogens with one attached hydrogen (secondary N) is 1. The van der Waals surface area contributed by atoms with E-state index >= 15 is 0 Å². The van der Waals surface area contributed by atoms with Crippen molar-refractivity contribution >= 4 is 5.82 Å². The second-order valence-electron chi connectivity index (χ2n) is 5.27. The third kappa shape index (κ3) is 3.61. The number of halogens is 3. The van der Waals surface area contributed by atoms with E-state index in [1.54, 1.807) is 0 Å². The summed E-state index contributed by atoms with van der Waals surface area (Å²) in [5.74, 6) is -2.31. The SMILES string of the molecule is CCC1CCC(CNc2nc(F)c(F)cc2F)CC1. The molecule has 1 aliphatic carbocycles. The predicted octanol–water partition coefficient (Wildman–Crippen LogP) is 4.13. The minimum absolute atomic E-state index is 0.198. The number of rotatable bonds is 4. The molecule has 0 unspecified atom stereocenters. The van der Waals surface area contributed by atoms with Crippen LogP contribution in [0.4, 0.5) is 19.0 Å². The molecule has 2 rings (SSSR count). The topological polar surface area (TPSA) is 24.9 Å². The van der Waals surface area contributed by atoms with Gasteiger partial charge in [-0.25, -0.2) is 8.78 Å². The van der Waals surface area contributed by atoms with Crippen molar-refractivity contribution in [2.24, 2.45) is 11.8 Å². The Labute approximate surface area is 111 Å². The van der Waals surface area contributed by atoms with Crippen LogP contribution in [0.15, 0.2) is 6.07 Å². The van der Waals surface area contributed by atoms with E-state index in [4.69, 9.17) is 0 Å². The molecule has 0 spiro atoms. The predicted molar refractivity (Wildman–Crippen MR) is 68.3 cm³/mol. The molecule has 1 aliphatic rings. The van der Waals surface area contributed by atoms with Crippen LogP contribution in [0.3, 0.4) is 0 Å². The average molecular weight is 272 g/mol. The van der Waals surface area contributed by atoms with Gasteiger partial charge in [-0.15, -0.1) is 0 Å². The first kappa shape index (κ1) is 14.2. The number of hydrogen-bond acceptors (Lipinski definition) is 2. The van der Waals surface area contributed by atoms with Crippen molar-refractivity contribution in [2.45, 2.75) is 39.0 Å². The molecule has 0 bridgehead atoms. The van der Waals surface area contributed by atoms with Crippen molar-refractivity contribution in [3.8, 4) is 0 Å². The monoisotopic (exact) mass is 272 g/mol. The number of aromatic nitrogens is 1. The van der Waals surface area contributed by atoms with Crippen LogP contribution in [0.25, 0.3) is 0 Å². The van der Waals surface area contributed by atoms with Gasteiger partial charge in [-0.3, -0.25) is 0 Å². The molecule has 1 heterocycles. The van der Waals surface area contributed by atoms with E-state index in [2.05, 4.69) is 17.2 Å². The summed E-state index contributed by atoms with van der Waals surface area (Å²) in [6.07, 6.45) is 5.78. The molecule has 106 valence electrons. The van der Waals surface area contributed by atoms with Gasteiger partial charge in [0.05, 0.1) is 0 Å². The van der Waals surface area contributed by atoms with E-state index in [-0.39, 0.29) is 5.82 Å². The highest BCUT2D eigenvalue weighted by Crippen LogP contribution is 2.30. The molecule has 2 nitrogen and oxygen atoms in total. The first-order valence-electron chi connectivity index (χ1n) is 6.85. The molecule has 0 atom stereocenters. The van der Waals surface area contributed by atoms with E-state index < -0.39 is 17.6 Å². The zero-order valence-corrected chi connectivity index (χ0v) is 11.1. The van der Waals surface area contributed by atoms with Crippen molar-refractivity contribution < 1.29 is 13.2 Å². The zero-order chi connectivity index (χ0) is 13.8. The molecule has 5 heteroatoms. The summed E-state index contributed by atoms with van der Waals surface area (Å²) in [5, 5.41) is 2.79. The Balaban J connectivity index is 1.88. The van der Waals surface area contributed by atoms with Crippen molar-refractivity contribution in [3.63, 3.8) is 0 Å². The van der Waals surface area contributed by atoms with Crippen LogP contribution in [-0.4, -0.2) is 11.5 Å². The Bertz CT molecular complexity index is 429. The highest BCUT2D eigenvalue weighted by molar-refractivity contribution is 5.36. The van der Waals surface area contributed by atoms with Crippen LogP contribution in [0.2, 0.25) is 0 Å². The summed E-state index contributed by atoms with van der Waals surface area (Å²) in [6.45, 7) is 2.76. The van der Waals surface area contributed by atoms with Gasteiger partial charge in [-0.05, 0) is 24.7 Å². The molecule has 0 amide bonds. The Morgan fingerprint density at radius 3 is 2.37 bits per heavy atom. The van der Waals surface area contributed by atoms with Crippen LogP contribution in [0.5, 0.6) is 0 Å². The van der Waals surface area contributed by atoms with Crippen LogP contribution in [0.1, 0.15) is 39.0 Å². The van der Waals surface area contributed by atoms with Gasteiger partial charge in [-0.1, -0.05) is 26.2 Å². The minimum atomic E-state index is -1.27. The van der Waals surface area contributed by atoms with Gasteiger partial charge in [0.15, 0.2) is 17.5 Å². The van der Waals surface area contributed by atoms with E-state index in [1.165, 1.54) is 19.3 Å². The summed E-state index contributed by atoms with van der Waals surface area (Å²) in [5.41, 5.74) is 0. The second-order valence-corrected chi connectivity index (χ2v) is 5.27. The summed E-state index contributed by atoms with van der Waals surface area (Å²) in [4.78, 5) is 3.26. The van der Waals surface area contributed by atoms with Gasteiger partial charge >= 0.3 is 0 Å². The molecule has 1 N–H and O–H groups in total. The molecule has 0 radical (unpaired) electrons. The standard InChI is InChI=1S/C14H19F3N2/c1-2-9-3-5-10(6-4-9)8-18-14-12(16)7-11(15)13(17)19-14/h7,9-10H,2-6,8H2,1H3,(H,18,19). The average Bonchev–Trinajstić information content (AvgIpc) is 2.42. The van der Waals surface area contributed by atoms with Gasteiger partial charge in [0.1, 0.15) is 0 Å². The van der Waals surface area contributed by atoms with E-state index in [0.717, 1.165) is 18.8 Å². The van der Waals surface area contributed by atoms with Gasteiger partial charge in [-0.2, -0.15) is 9.37 Å². The Kier molecular flexibility index (Phi) is 4.66. The quantitative estimate of drug-likeness (QED) is 0.834. The maximum atomic E-state index is 13.4. The molecular weight excluding hydrogens is 253 g/mol. The lowest BCUT2D eigenvalue weighted by Crippen LogP contribution is -2.22. The van der Waals surface area contributed by atoms with Gasteiger partial charge in [0.25, 0.3) is 5.95 Å². The third-order valence-corrected chi connectivity index (χ3v) is 3.99. The molecule has 19 heavy (non-hydrogen) atoms. The molecular formula is C14H19F3N2. The smallest absolute Gasteiger partial charge is 0.251 e. The van der Waals surface area contributed by atoms with E-state index in [9.17, 15) is 13.2 Å². The Hall–Kier alpha value is -1.26. The van der Waals surface area contributed by atoms with Gasteiger partial charge < -0.3 is 5.32 Å². The zero-order valence-electron chi connectivity index (χ0n) is 11.1.